The van der Waals surface area contributed by atoms with Crippen LogP contribution in [-0.2, 0) is 0 Å². The molecule has 0 N–H and O–H groups in total. The van der Waals surface area contributed by atoms with Gasteiger partial charge in [0.25, 0.3) is 0 Å². The van der Waals surface area contributed by atoms with E-state index in [0.717, 1.165) is 54.9 Å². The molecule has 7 heteroatoms. The minimum atomic E-state index is 0.791. The summed E-state index contributed by atoms with van der Waals surface area (Å²) in [5.74, 6) is 1.89. The first-order valence-electron chi connectivity index (χ1n) is 8.33. The van der Waals surface area contributed by atoms with Gasteiger partial charge in [0.05, 0.1) is 5.69 Å². The van der Waals surface area contributed by atoms with Gasteiger partial charge in [0.1, 0.15) is 17.8 Å². The fourth-order valence-corrected chi connectivity index (χ4v) is 2.92. The second-order valence-electron chi connectivity index (χ2n) is 5.98. The summed E-state index contributed by atoms with van der Waals surface area (Å²) in [6.07, 6.45) is 3.39. The number of aryl methyl sites for hydroxylation is 1. The van der Waals surface area contributed by atoms with Crippen LogP contribution in [0.15, 0.2) is 48.9 Å². The molecule has 1 aliphatic rings. The first kappa shape index (κ1) is 15.4. The lowest BCUT2D eigenvalue weighted by molar-refractivity contribution is 0.637. The van der Waals surface area contributed by atoms with E-state index in [4.69, 9.17) is 0 Å². The molecule has 7 nitrogen and oxygen atoms in total. The molecule has 1 saturated heterocycles. The number of hydrogen-bond acceptors (Lipinski definition) is 7. The van der Waals surface area contributed by atoms with Crippen LogP contribution in [0.1, 0.15) is 5.69 Å². The van der Waals surface area contributed by atoms with Crippen LogP contribution in [0.5, 0.6) is 0 Å². The summed E-state index contributed by atoms with van der Waals surface area (Å²) in [5.41, 5.74) is 2.62. The van der Waals surface area contributed by atoms with Crippen LogP contribution in [0.25, 0.3) is 11.4 Å². The first-order chi connectivity index (χ1) is 12.3. The Morgan fingerprint density at radius 1 is 0.760 bits per heavy atom. The van der Waals surface area contributed by atoms with Gasteiger partial charge in [0, 0.05) is 44.1 Å². The summed E-state index contributed by atoms with van der Waals surface area (Å²) in [5, 5.41) is 8.71. The molecule has 0 saturated carbocycles. The lowest BCUT2D eigenvalue weighted by Gasteiger charge is -2.35. The van der Waals surface area contributed by atoms with Crippen LogP contribution >= 0.6 is 0 Å². The van der Waals surface area contributed by atoms with Gasteiger partial charge in [0.2, 0.25) is 0 Å². The van der Waals surface area contributed by atoms with Crippen LogP contribution in [0.3, 0.4) is 0 Å². The number of hydrogen-bond donors (Lipinski definition) is 0. The molecule has 4 rings (SSSR count). The number of anilines is 2. The molecule has 0 spiro atoms. The molecule has 0 bridgehead atoms. The zero-order valence-electron chi connectivity index (χ0n) is 14.1. The van der Waals surface area contributed by atoms with Crippen molar-refractivity contribution in [1.82, 2.24) is 25.1 Å². The van der Waals surface area contributed by atoms with Crippen molar-refractivity contribution in [2.24, 2.45) is 0 Å². The summed E-state index contributed by atoms with van der Waals surface area (Å²) in [4.78, 5) is 17.4. The summed E-state index contributed by atoms with van der Waals surface area (Å²) in [6.45, 7) is 5.57. The molecule has 4 heterocycles. The molecule has 0 atom stereocenters. The van der Waals surface area contributed by atoms with Gasteiger partial charge in [-0.05, 0) is 31.2 Å². The Morgan fingerprint density at radius 2 is 1.56 bits per heavy atom. The van der Waals surface area contributed by atoms with Crippen LogP contribution < -0.4 is 9.80 Å². The third-order valence-electron chi connectivity index (χ3n) is 4.29. The first-order valence-corrected chi connectivity index (χ1v) is 8.33. The van der Waals surface area contributed by atoms with E-state index in [9.17, 15) is 0 Å². The van der Waals surface area contributed by atoms with E-state index in [-0.39, 0.29) is 0 Å². The van der Waals surface area contributed by atoms with Crippen molar-refractivity contribution in [2.45, 2.75) is 6.92 Å². The molecule has 0 aromatic carbocycles. The standard InChI is InChI=1S/C18H19N7/c1-14-12-18(21-13-20-14)25-10-8-24(9-11-25)17-6-5-16(22-23-17)15-4-2-3-7-19-15/h2-7,12-13H,8-11H2,1H3. The molecular formula is C18H19N7. The van der Waals surface area contributed by atoms with E-state index in [1.165, 1.54) is 0 Å². The minimum absolute atomic E-state index is 0.791. The van der Waals surface area contributed by atoms with Crippen molar-refractivity contribution >= 4 is 11.6 Å². The summed E-state index contributed by atoms with van der Waals surface area (Å²) >= 11 is 0. The average Bonchev–Trinajstić information content (AvgIpc) is 2.69. The maximum absolute atomic E-state index is 4.38. The number of pyridine rings is 1. The van der Waals surface area contributed by atoms with Crippen molar-refractivity contribution < 1.29 is 0 Å². The van der Waals surface area contributed by atoms with Gasteiger partial charge in [-0.25, -0.2) is 9.97 Å². The van der Waals surface area contributed by atoms with E-state index in [2.05, 4.69) is 34.9 Å². The Hall–Kier alpha value is -3.09. The maximum atomic E-state index is 4.38. The maximum Gasteiger partial charge on any atom is 0.151 e. The van der Waals surface area contributed by atoms with Gasteiger partial charge < -0.3 is 9.80 Å². The highest BCUT2D eigenvalue weighted by atomic mass is 15.3. The zero-order valence-corrected chi connectivity index (χ0v) is 14.1. The van der Waals surface area contributed by atoms with Crippen LogP contribution in [-0.4, -0.2) is 51.3 Å². The monoisotopic (exact) mass is 333 g/mol. The Morgan fingerprint density at radius 3 is 2.20 bits per heavy atom. The highest BCUT2D eigenvalue weighted by Gasteiger charge is 2.19. The lowest BCUT2D eigenvalue weighted by Crippen LogP contribution is -2.47. The highest BCUT2D eigenvalue weighted by molar-refractivity contribution is 5.55. The number of rotatable bonds is 3. The fourth-order valence-electron chi connectivity index (χ4n) is 2.92. The topological polar surface area (TPSA) is 70.9 Å². The SMILES string of the molecule is Cc1cc(N2CCN(c3ccc(-c4ccccn4)nn3)CC2)ncn1. The fraction of sp³-hybridized carbons (Fsp3) is 0.278. The quantitative estimate of drug-likeness (QED) is 0.725. The van der Waals surface area contributed by atoms with Gasteiger partial charge in [-0.2, -0.15) is 0 Å². The average molecular weight is 333 g/mol. The Kier molecular flexibility index (Phi) is 4.20. The van der Waals surface area contributed by atoms with Gasteiger partial charge in [-0.3, -0.25) is 4.98 Å². The van der Waals surface area contributed by atoms with Crippen LogP contribution in [0, 0.1) is 6.92 Å². The second-order valence-corrected chi connectivity index (χ2v) is 5.98. The third kappa shape index (κ3) is 3.40. The molecule has 3 aromatic rings. The molecule has 0 amide bonds. The van der Waals surface area contributed by atoms with Crippen molar-refractivity contribution in [1.29, 1.82) is 0 Å². The Labute approximate surface area is 146 Å². The number of aromatic nitrogens is 5. The number of piperazine rings is 1. The van der Waals surface area contributed by atoms with Crippen molar-refractivity contribution in [2.75, 3.05) is 36.0 Å². The van der Waals surface area contributed by atoms with E-state index >= 15 is 0 Å². The van der Waals surface area contributed by atoms with Gasteiger partial charge >= 0.3 is 0 Å². The van der Waals surface area contributed by atoms with Crippen molar-refractivity contribution in [3.8, 4) is 11.4 Å². The zero-order chi connectivity index (χ0) is 17.1. The summed E-state index contributed by atoms with van der Waals surface area (Å²) in [6, 6.07) is 11.8. The third-order valence-corrected chi connectivity index (χ3v) is 4.29. The van der Waals surface area contributed by atoms with Crippen LogP contribution in [0.4, 0.5) is 11.6 Å². The summed E-state index contributed by atoms with van der Waals surface area (Å²) in [7, 11) is 0. The van der Waals surface area contributed by atoms with E-state index in [0.29, 0.717) is 0 Å². The lowest BCUT2D eigenvalue weighted by atomic mass is 10.2. The second kappa shape index (κ2) is 6.80. The smallest absolute Gasteiger partial charge is 0.151 e. The molecule has 126 valence electrons. The minimum Gasteiger partial charge on any atom is -0.353 e. The molecule has 1 aliphatic heterocycles. The van der Waals surface area contributed by atoms with Gasteiger partial charge in [0.15, 0.2) is 5.82 Å². The largest absolute Gasteiger partial charge is 0.353 e. The van der Waals surface area contributed by atoms with Crippen LogP contribution in [0.2, 0.25) is 0 Å². The molecule has 1 fully saturated rings. The van der Waals surface area contributed by atoms with E-state index < -0.39 is 0 Å². The highest BCUT2D eigenvalue weighted by Crippen LogP contribution is 2.19. The van der Waals surface area contributed by atoms with Gasteiger partial charge in [-0.1, -0.05) is 6.07 Å². The molecule has 0 aliphatic carbocycles. The molecular weight excluding hydrogens is 314 g/mol. The van der Waals surface area contributed by atoms with E-state index in [1.54, 1.807) is 12.5 Å². The molecule has 0 unspecified atom stereocenters. The van der Waals surface area contributed by atoms with Crippen molar-refractivity contribution in [3.05, 3.63) is 54.6 Å². The Bertz CT molecular complexity index is 828. The predicted octanol–water partition coefficient (Wildman–Crippen LogP) is 1.96. The predicted molar refractivity (Wildman–Crippen MR) is 96.5 cm³/mol. The molecule has 25 heavy (non-hydrogen) atoms. The summed E-state index contributed by atoms with van der Waals surface area (Å²) < 4.78 is 0. The molecule has 3 aromatic heterocycles. The normalized spacial score (nSPS) is 14.6. The Balaban J connectivity index is 1.42. The van der Waals surface area contributed by atoms with Crippen molar-refractivity contribution in [3.63, 3.8) is 0 Å². The number of nitrogens with zero attached hydrogens (tertiary/aromatic N) is 7. The molecule has 0 radical (unpaired) electrons. The van der Waals surface area contributed by atoms with E-state index in [1.807, 2.05) is 43.3 Å². The van der Waals surface area contributed by atoms with Gasteiger partial charge in [-0.15, -0.1) is 10.2 Å².